The molecule has 114 valence electrons. The Balaban J connectivity index is 2.12. The highest BCUT2D eigenvalue weighted by molar-refractivity contribution is 5.94. The number of imide groups is 1. The van der Waals surface area contributed by atoms with Crippen molar-refractivity contribution in [1.82, 2.24) is 15.5 Å². The molecule has 1 rings (SSSR count). The van der Waals surface area contributed by atoms with E-state index in [0.717, 1.165) is 0 Å². The second kappa shape index (κ2) is 7.84. The Kier molecular flexibility index (Phi) is 6.44. The molecule has 3 amide bonds. The van der Waals surface area contributed by atoms with Crippen LogP contribution in [0.5, 0.6) is 0 Å². The Bertz CT molecular complexity index is 369. The Morgan fingerprint density at radius 2 is 1.95 bits per heavy atom. The maximum absolute atomic E-state index is 11.5. The molecule has 7 nitrogen and oxygen atoms in total. The fourth-order valence-electron chi connectivity index (χ4n) is 1.86. The van der Waals surface area contributed by atoms with Gasteiger partial charge in [0, 0.05) is 31.5 Å². The van der Waals surface area contributed by atoms with Gasteiger partial charge in [0.1, 0.15) is 0 Å². The second-order valence-electron chi connectivity index (χ2n) is 5.25. The summed E-state index contributed by atoms with van der Waals surface area (Å²) in [7, 11) is 2.03. The number of carbonyl (C=O) groups excluding carboxylic acids is 2. The summed E-state index contributed by atoms with van der Waals surface area (Å²) in [5.41, 5.74) is 0. The largest absolute Gasteiger partial charge is 0.481 e. The average Bonchev–Trinajstić information content (AvgIpc) is 3.18. The molecule has 0 aromatic heterocycles. The summed E-state index contributed by atoms with van der Waals surface area (Å²) in [5.74, 6) is -1.40. The average molecular weight is 285 g/mol. The summed E-state index contributed by atoms with van der Waals surface area (Å²) >= 11 is 0. The van der Waals surface area contributed by atoms with Crippen molar-refractivity contribution in [3.05, 3.63) is 0 Å². The predicted molar refractivity (Wildman–Crippen MR) is 73.3 cm³/mol. The topological polar surface area (TPSA) is 98.7 Å². The van der Waals surface area contributed by atoms with Crippen LogP contribution in [0.2, 0.25) is 0 Å². The molecule has 1 aliphatic rings. The number of rotatable bonds is 8. The van der Waals surface area contributed by atoms with Crippen LogP contribution in [0.1, 0.15) is 39.0 Å². The second-order valence-corrected chi connectivity index (χ2v) is 5.25. The van der Waals surface area contributed by atoms with Crippen LogP contribution in [-0.4, -0.2) is 53.6 Å². The van der Waals surface area contributed by atoms with Gasteiger partial charge in [0.2, 0.25) is 5.91 Å². The number of aliphatic carboxylic acids is 1. The summed E-state index contributed by atoms with van der Waals surface area (Å²) in [5, 5.41) is 13.3. The normalized spacial score (nSPS) is 15.8. The minimum Gasteiger partial charge on any atom is -0.481 e. The van der Waals surface area contributed by atoms with E-state index >= 15 is 0 Å². The third-order valence-electron chi connectivity index (χ3n) is 3.42. The van der Waals surface area contributed by atoms with E-state index < -0.39 is 17.9 Å². The van der Waals surface area contributed by atoms with Gasteiger partial charge in [-0.15, -0.1) is 0 Å². The summed E-state index contributed by atoms with van der Waals surface area (Å²) in [6.45, 7) is 2.49. The van der Waals surface area contributed by atoms with Gasteiger partial charge >= 0.3 is 12.0 Å². The van der Waals surface area contributed by atoms with Gasteiger partial charge < -0.3 is 10.4 Å². The Hall–Kier alpha value is -1.63. The van der Waals surface area contributed by atoms with E-state index in [4.69, 9.17) is 5.11 Å². The third-order valence-corrected chi connectivity index (χ3v) is 3.42. The molecule has 0 radical (unpaired) electrons. The van der Waals surface area contributed by atoms with Crippen LogP contribution in [0.4, 0.5) is 4.79 Å². The van der Waals surface area contributed by atoms with Gasteiger partial charge in [0.05, 0.1) is 0 Å². The van der Waals surface area contributed by atoms with E-state index in [1.807, 2.05) is 14.0 Å². The van der Waals surface area contributed by atoms with E-state index in [9.17, 15) is 14.4 Å². The van der Waals surface area contributed by atoms with Crippen LogP contribution >= 0.6 is 0 Å². The number of hydrogen-bond acceptors (Lipinski definition) is 4. The maximum atomic E-state index is 11.5. The van der Waals surface area contributed by atoms with Crippen molar-refractivity contribution >= 4 is 17.9 Å². The molecule has 20 heavy (non-hydrogen) atoms. The van der Waals surface area contributed by atoms with E-state index in [-0.39, 0.29) is 25.3 Å². The smallest absolute Gasteiger partial charge is 0.321 e. The number of nitrogens with zero attached hydrogens (tertiary/aromatic N) is 1. The molecule has 3 N–H and O–H groups in total. The van der Waals surface area contributed by atoms with Crippen molar-refractivity contribution in [2.75, 3.05) is 13.6 Å². The van der Waals surface area contributed by atoms with Gasteiger partial charge in [0.15, 0.2) is 0 Å². The lowest BCUT2D eigenvalue weighted by molar-refractivity contribution is -0.137. The van der Waals surface area contributed by atoms with Gasteiger partial charge in [-0.2, -0.15) is 0 Å². The number of urea groups is 1. The molecule has 1 atom stereocenters. The van der Waals surface area contributed by atoms with Gasteiger partial charge in [0.25, 0.3) is 0 Å². The Morgan fingerprint density at radius 1 is 1.30 bits per heavy atom. The lowest BCUT2D eigenvalue weighted by Gasteiger charge is -2.24. The van der Waals surface area contributed by atoms with Gasteiger partial charge in [-0.3, -0.25) is 19.8 Å². The molecule has 0 bridgehead atoms. The van der Waals surface area contributed by atoms with Crippen LogP contribution in [0.3, 0.4) is 0 Å². The fraction of sp³-hybridized carbons (Fsp3) is 0.769. The zero-order valence-electron chi connectivity index (χ0n) is 12.0. The number of hydrogen-bond donors (Lipinski definition) is 3. The van der Waals surface area contributed by atoms with Crippen LogP contribution in [-0.2, 0) is 9.59 Å². The molecule has 1 unspecified atom stereocenters. The monoisotopic (exact) mass is 285 g/mol. The lowest BCUT2D eigenvalue weighted by Crippen LogP contribution is -2.46. The molecule has 0 aromatic carbocycles. The summed E-state index contributed by atoms with van der Waals surface area (Å²) < 4.78 is 0. The molecular weight excluding hydrogens is 262 g/mol. The highest BCUT2D eigenvalue weighted by Crippen LogP contribution is 2.26. The standard InChI is InChI=1S/C13H23N3O4/c1-9(16(2)10-6-7-10)8-14-13(20)15-11(17)4-3-5-12(18)19/h9-10H,3-8H2,1-2H3,(H,18,19)(H2,14,15,17,20). The lowest BCUT2D eigenvalue weighted by atomic mass is 10.2. The number of carboxylic acid groups (broad SMARTS) is 1. The summed E-state index contributed by atoms with van der Waals surface area (Å²) in [4.78, 5) is 35.3. The number of amides is 3. The van der Waals surface area contributed by atoms with Crippen molar-refractivity contribution in [3.8, 4) is 0 Å². The van der Waals surface area contributed by atoms with Crippen LogP contribution in [0.15, 0.2) is 0 Å². The summed E-state index contributed by atoms with van der Waals surface area (Å²) in [6.07, 6.45) is 2.61. The molecule has 0 aliphatic heterocycles. The minimum atomic E-state index is -0.945. The molecule has 1 aliphatic carbocycles. The van der Waals surface area contributed by atoms with Gasteiger partial charge in [-0.25, -0.2) is 4.79 Å². The first-order valence-electron chi connectivity index (χ1n) is 6.91. The molecular formula is C13H23N3O4. The van der Waals surface area contributed by atoms with Crippen molar-refractivity contribution in [2.45, 2.75) is 51.1 Å². The Labute approximate surface area is 118 Å². The van der Waals surface area contributed by atoms with E-state index in [2.05, 4.69) is 15.5 Å². The highest BCUT2D eigenvalue weighted by atomic mass is 16.4. The molecule has 0 saturated heterocycles. The van der Waals surface area contributed by atoms with Gasteiger partial charge in [-0.1, -0.05) is 0 Å². The molecule has 1 fully saturated rings. The van der Waals surface area contributed by atoms with E-state index in [0.29, 0.717) is 12.6 Å². The number of likely N-dealkylation sites (N-methyl/N-ethyl adjacent to an activating group) is 1. The zero-order chi connectivity index (χ0) is 15.1. The molecule has 7 heteroatoms. The molecule has 0 heterocycles. The summed E-state index contributed by atoms with van der Waals surface area (Å²) in [6, 6.07) is 0.309. The quantitative estimate of drug-likeness (QED) is 0.605. The fourth-order valence-corrected chi connectivity index (χ4v) is 1.86. The van der Waals surface area contributed by atoms with E-state index in [1.165, 1.54) is 12.8 Å². The minimum absolute atomic E-state index is 0.0389. The first kappa shape index (κ1) is 16.4. The van der Waals surface area contributed by atoms with Crippen molar-refractivity contribution < 1.29 is 19.5 Å². The number of nitrogens with one attached hydrogen (secondary N) is 2. The SMILES string of the molecule is CC(CNC(=O)NC(=O)CCCC(=O)O)N(C)C1CC1. The number of carbonyl (C=O) groups is 3. The van der Waals surface area contributed by atoms with Crippen molar-refractivity contribution in [1.29, 1.82) is 0 Å². The first-order chi connectivity index (χ1) is 9.40. The van der Waals surface area contributed by atoms with Crippen LogP contribution in [0, 0.1) is 0 Å². The van der Waals surface area contributed by atoms with Crippen molar-refractivity contribution in [2.24, 2.45) is 0 Å². The molecule has 0 aromatic rings. The highest BCUT2D eigenvalue weighted by Gasteiger charge is 2.29. The van der Waals surface area contributed by atoms with Gasteiger partial charge in [-0.05, 0) is 33.2 Å². The van der Waals surface area contributed by atoms with Crippen LogP contribution < -0.4 is 10.6 Å². The first-order valence-corrected chi connectivity index (χ1v) is 6.91. The molecule has 1 saturated carbocycles. The number of carboxylic acids is 1. The predicted octanol–water partition coefficient (Wildman–Crippen LogP) is 0.550. The zero-order valence-corrected chi connectivity index (χ0v) is 12.0. The molecule has 0 spiro atoms. The van der Waals surface area contributed by atoms with Crippen molar-refractivity contribution in [3.63, 3.8) is 0 Å². The van der Waals surface area contributed by atoms with E-state index in [1.54, 1.807) is 0 Å². The maximum Gasteiger partial charge on any atom is 0.321 e. The van der Waals surface area contributed by atoms with Crippen LogP contribution in [0.25, 0.3) is 0 Å². The third kappa shape index (κ3) is 6.51. The Morgan fingerprint density at radius 3 is 2.50 bits per heavy atom.